The fraction of sp³-hybridized carbons (Fsp3) is 0.529. The molecule has 0 aliphatic heterocycles. The van der Waals surface area contributed by atoms with Crippen LogP contribution in [0.1, 0.15) is 37.8 Å². The molecule has 0 radical (unpaired) electrons. The summed E-state index contributed by atoms with van der Waals surface area (Å²) >= 11 is 0. The minimum Gasteiger partial charge on any atom is -0.493 e. The molecule has 1 N–H and O–H groups in total. The molecule has 0 saturated heterocycles. The highest BCUT2D eigenvalue weighted by atomic mass is 16.5. The van der Waals surface area contributed by atoms with Crippen LogP contribution in [0, 0.1) is 12.3 Å². The minimum atomic E-state index is 0.179. The van der Waals surface area contributed by atoms with Crippen LogP contribution in [0.5, 0.6) is 17.2 Å². The lowest BCUT2D eigenvalue weighted by Gasteiger charge is -2.23. The van der Waals surface area contributed by atoms with Crippen LogP contribution in [0.25, 0.3) is 0 Å². The third-order valence-electron chi connectivity index (χ3n) is 3.37. The van der Waals surface area contributed by atoms with Crippen LogP contribution >= 0.6 is 0 Å². The summed E-state index contributed by atoms with van der Waals surface area (Å²) in [5.74, 6) is 4.68. The Morgan fingerprint density at radius 3 is 2.38 bits per heavy atom. The van der Waals surface area contributed by atoms with Crippen molar-refractivity contribution in [2.24, 2.45) is 0 Å². The summed E-state index contributed by atoms with van der Waals surface area (Å²) in [5, 5.41) is 3.48. The molecule has 0 aliphatic rings. The molecule has 0 aliphatic carbocycles. The van der Waals surface area contributed by atoms with E-state index in [1.54, 1.807) is 21.3 Å². The Balaban J connectivity index is 3.14. The quantitative estimate of drug-likeness (QED) is 0.560. The van der Waals surface area contributed by atoms with E-state index in [0.29, 0.717) is 17.2 Å². The summed E-state index contributed by atoms with van der Waals surface area (Å²) in [4.78, 5) is 0. The van der Waals surface area contributed by atoms with Gasteiger partial charge in [-0.05, 0) is 31.5 Å². The summed E-state index contributed by atoms with van der Waals surface area (Å²) < 4.78 is 16.3. The smallest absolute Gasteiger partial charge is 0.203 e. The molecule has 1 aromatic rings. The molecule has 1 atom stereocenters. The van der Waals surface area contributed by atoms with Crippen molar-refractivity contribution < 1.29 is 14.2 Å². The van der Waals surface area contributed by atoms with Crippen LogP contribution in [0.4, 0.5) is 0 Å². The molecule has 116 valence electrons. The second-order valence-corrected chi connectivity index (χ2v) is 4.63. The Morgan fingerprint density at radius 1 is 1.14 bits per heavy atom. The summed E-state index contributed by atoms with van der Waals surface area (Å²) in [6.07, 6.45) is 8.02. The maximum absolute atomic E-state index is 5.56. The van der Waals surface area contributed by atoms with Gasteiger partial charge in [0.15, 0.2) is 11.5 Å². The number of methoxy groups -OCH3 is 3. The second kappa shape index (κ2) is 9.15. The van der Waals surface area contributed by atoms with Crippen LogP contribution in [0.15, 0.2) is 12.1 Å². The molecule has 1 unspecified atom stereocenters. The van der Waals surface area contributed by atoms with E-state index in [2.05, 4.69) is 18.2 Å². The van der Waals surface area contributed by atoms with E-state index in [0.717, 1.165) is 31.4 Å². The van der Waals surface area contributed by atoms with Crippen molar-refractivity contribution in [3.63, 3.8) is 0 Å². The van der Waals surface area contributed by atoms with Gasteiger partial charge in [0.25, 0.3) is 0 Å². The molecule has 0 saturated carbocycles. The molecule has 4 nitrogen and oxygen atoms in total. The van der Waals surface area contributed by atoms with Gasteiger partial charge in [-0.3, -0.25) is 0 Å². The van der Waals surface area contributed by atoms with Crippen molar-refractivity contribution in [3.8, 4) is 29.6 Å². The number of nitrogens with one attached hydrogen (secondary N) is 1. The van der Waals surface area contributed by atoms with Crippen molar-refractivity contribution in [3.05, 3.63) is 17.7 Å². The molecule has 1 aromatic carbocycles. The number of ether oxygens (including phenoxy) is 3. The SMILES string of the molecule is C#CCCCC(NCC)c1ccc(OC)c(OC)c1OC. The molecule has 1 rings (SSSR count). The van der Waals surface area contributed by atoms with Crippen molar-refractivity contribution in [1.29, 1.82) is 0 Å². The van der Waals surface area contributed by atoms with Gasteiger partial charge in [0, 0.05) is 18.0 Å². The zero-order valence-corrected chi connectivity index (χ0v) is 13.4. The number of hydrogen-bond donors (Lipinski definition) is 1. The highest BCUT2D eigenvalue weighted by Crippen LogP contribution is 2.42. The first-order valence-electron chi connectivity index (χ1n) is 7.19. The van der Waals surface area contributed by atoms with Crippen LogP contribution in [-0.2, 0) is 0 Å². The van der Waals surface area contributed by atoms with Crippen LogP contribution in [0.2, 0.25) is 0 Å². The molecule has 0 heterocycles. The van der Waals surface area contributed by atoms with Gasteiger partial charge in [-0.1, -0.05) is 6.92 Å². The highest BCUT2D eigenvalue weighted by Gasteiger charge is 2.21. The number of terminal acetylenes is 1. The van der Waals surface area contributed by atoms with Gasteiger partial charge in [-0.25, -0.2) is 0 Å². The van der Waals surface area contributed by atoms with E-state index in [4.69, 9.17) is 20.6 Å². The van der Waals surface area contributed by atoms with E-state index >= 15 is 0 Å². The first-order valence-corrected chi connectivity index (χ1v) is 7.19. The molecule has 0 fully saturated rings. The third-order valence-corrected chi connectivity index (χ3v) is 3.37. The van der Waals surface area contributed by atoms with Gasteiger partial charge >= 0.3 is 0 Å². The lowest BCUT2D eigenvalue weighted by molar-refractivity contribution is 0.318. The van der Waals surface area contributed by atoms with E-state index in [1.165, 1.54) is 0 Å². The summed E-state index contributed by atoms with van der Waals surface area (Å²) in [6, 6.07) is 4.10. The van der Waals surface area contributed by atoms with E-state index in [-0.39, 0.29) is 6.04 Å². The maximum Gasteiger partial charge on any atom is 0.203 e. The Labute approximate surface area is 127 Å². The van der Waals surface area contributed by atoms with Crippen molar-refractivity contribution in [2.75, 3.05) is 27.9 Å². The Kier molecular flexibility index (Phi) is 7.49. The topological polar surface area (TPSA) is 39.7 Å². The molecule has 21 heavy (non-hydrogen) atoms. The zero-order chi connectivity index (χ0) is 15.7. The Bertz CT molecular complexity index is 480. The number of benzene rings is 1. The normalized spacial score (nSPS) is 11.6. The van der Waals surface area contributed by atoms with Gasteiger partial charge in [0.05, 0.1) is 21.3 Å². The molecule has 0 amide bonds. The molecule has 0 bridgehead atoms. The molecule has 4 heteroatoms. The number of rotatable bonds is 9. The molecular formula is C17H25NO3. The maximum atomic E-state index is 5.56. The average Bonchev–Trinajstić information content (AvgIpc) is 2.52. The van der Waals surface area contributed by atoms with E-state index < -0.39 is 0 Å². The average molecular weight is 291 g/mol. The van der Waals surface area contributed by atoms with Gasteiger partial charge in [-0.2, -0.15) is 0 Å². The first kappa shape index (κ1) is 17.2. The minimum absolute atomic E-state index is 0.179. The standard InChI is InChI=1S/C17H25NO3/c1-6-8-9-10-14(18-7-2)13-11-12-15(19-3)17(21-5)16(13)20-4/h1,11-12,14,18H,7-10H2,2-5H3. The van der Waals surface area contributed by atoms with Crippen molar-refractivity contribution in [1.82, 2.24) is 5.32 Å². The number of hydrogen-bond acceptors (Lipinski definition) is 4. The lowest BCUT2D eigenvalue weighted by atomic mass is 9.99. The van der Waals surface area contributed by atoms with Gasteiger partial charge in [-0.15, -0.1) is 12.3 Å². The van der Waals surface area contributed by atoms with Gasteiger partial charge in [0.1, 0.15) is 0 Å². The summed E-state index contributed by atoms with van der Waals surface area (Å²) in [5.41, 5.74) is 1.06. The number of unbranched alkanes of at least 4 members (excludes halogenated alkanes) is 1. The first-order chi connectivity index (χ1) is 10.2. The fourth-order valence-corrected chi connectivity index (χ4v) is 2.42. The zero-order valence-electron chi connectivity index (χ0n) is 13.4. The fourth-order valence-electron chi connectivity index (χ4n) is 2.42. The second-order valence-electron chi connectivity index (χ2n) is 4.63. The molecule has 0 aromatic heterocycles. The van der Waals surface area contributed by atoms with Crippen LogP contribution < -0.4 is 19.5 Å². The van der Waals surface area contributed by atoms with Crippen molar-refractivity contribution >= 4 is 0 Å². The predicted octanol–water partition coefficient (Wildman–Crippen LogP) is 3.17. The Hall–Kier alpha value is -1.86. The predicted molar refractivity (Wildman–Crippen MR) is 85.2 cm³/mol. The Morgan fingerprint density at radius 2 is 1.86 bits per heavy atom. The third kappa shape index (κ3) is 4.30. The largest absolute Gasteiger partial charge is 0.493 e. The van der Waals surface area contributed by atoms with Crippen LogP contribution in [0.3, 0.4) is 0 Å². The summed E-state index contributed by atoms with van der Waals surface area (Å²) in [7, 11) is 4.88. The van der Waals surface area contributed by atoms with Crippen LogP contribution in [-0.4, -0.2) is 27.9 Å². The monoisotopic (exact) mass is 291 g/mol. The molecular weight excluding hydrogens is 266 g/mol. The summed E-state index contributed by atoms with van der Waals surface area (Å²) in [6.45, 7) is 2.96. The molecule has 0 spiro atoms. The van der Waals surface area contributed by atoms with Gasteiger partial charge < -0.3 is 19.5 Å². The van der Waals surface area contributed by atoms with Gasteiger partial charge in [0.2, 0.25) is 5.75 Å². The highest BCUT2D eigenvalue weighted by molar-refractivity contribution is 5.56. The lowest BCUT2D eigenvalue weighted by Crippen LogP contribution is -2.21. The van der Waals surface area contributed by atoms with Crippen molar-refractivity contribution in [2.45, 2.75) is 32.2 Å². The van der Waals surface area contributed by atoms with E-state index in [1.807, 2.05) is 12.1 Å². The van der Waals surface area contributed by atoms with E-state index in [9.17, 15) is 0 Å².